The van der Waals surface area contributed by atoms with E-state index < -0.39 is 16.3 Å². The number of rotatable bonds is 8. The zero-order chi connectivity index (χ0) is 25.7. The minimum absolute atomic E-state index is 0.169. The van der Waals surface area contributed by atoms with Crippen molar-refractivity contribution in [1.82, 2.24) is 19.7 Å². The first-order valence-electron chi connectivity index (χ1n) is 11.5. The van der Waals surface area contributed by atoms with Gasteiger partial charge < -0.3 is 4.90 Å². The van der Waals surface area contributed by atoms with E-state index in [0.29, 0.717) is 5.69 Å². The third kappa shape index (κ3) is 5.35. The number of amides is 1. The number of nitro groups is 1. The van der Waals surface area contributed by atoms with E-state index in [0.717, 1.165) is 17.5 Å². The Morgan fingerprint density at radius 2 is 1.69 bits per heavy atom. The highest BCUT2D eigenvalue weighted by Gasteiger charge is 2.24. The molecule has 0 aliphatic rings. The van der Waals surface area contributed by atoms with Crippen LogP contribution in [0.25, 0.3) is 5.69 Å². The van der Waals surface area contributed by atoms with E-state index in [2.05, 4.69) is 17.0 Å². The topological polar surface area (TPSA) is 111 Å². The van der Waals surface area contributed by atoms with Crippen molar-refractivity contribution in [1.29, 1.82) is 0 Å². The smallest absolute Gasteiger partial charge is 0.294 e. The Kier molecular flexibility index (Phi) is 7.29. The lowest BCUT2D eigenvalue weighted by Crippen LogP contribution is -2.35. The van der Waals surface area contributed by atoms with Crippen molar-refractivity contribution in [2.75, 3.05) is 0 Å². The lowest BCUT2D eigenvalue weighted by Gasteiger charge is -2.23. The molecule has 2 heterocycles. The number of nitrogens with zero attached hydrogens (tertiary/aromatic N) is 5. The number of aryl methyl sites for hydroxylation is 2. The summed E-state index contributed by atoms with van der Waals surface area (Å²) in [5.41, 5.74) is 2.37. The molecule has 0 bridgehead atoms. The lowest BCUT2D eigenvalue weighted by atomic mass is 10.1. The van der Waals surface area contributed by atoms with Gasteiger partial charge in [0.05, 0.1) is 4.92 Å². The van der Waals surface area contributed by atoms with Gasteiger partial charge in [-0.2, -0.15) is 5.10 Å². The third-order valence-corrected chi connectivity index (χ3v) is 5.80. The van der Waals surface area contributed by atoms with Crippen LogP contribution in [0.4, 0.5) is 5.69 Å². The zero-order valence-electron chi connectivity index (χ0n) is 20.0. The summed E-state index contributed by atoms with van der Waals surface area (Å²) >= 11 is 0. The van der Waals surface area contributed by atoms with Crippen molar-refractivity contribution in [3.8, 4) is 5.69 Å². The number of nitro benzene ring substituents is 1. The number of hydrogen-bond acceptors (Lipinski definition) is 6. The Balaban J connectivity index is 1.76. The molecular weight excluding hydrogens is 458 g/mol. The molecule has 4 aromatic rings. The molecule has 0 atom stereocenters. The van der Waals surface area contributed by atoms with E-state index in [1.807, 2.05) is 30.3 Å². The van der Waals surface area contributed by atoms with Gasteiger partial charge in [0.15, 0.2) is 5.69 Å². The molecule has 0 aliphatic heterocycles. The van der Waals surface area contributed by atoms with Crippen LogP contribution in [0.1, 0.15) is 39.8 Å². The summed E-state index contributed by atoms with van der Waals surface area (Å²) in [7, 11) is 0. The van der Waals surface area contributed by atoms with Crippen LogP contribution in [0.3, 0.4) is 0 Å². The summed E-state index contributed by atoms with van der Waals surface area (Å²) in [6.07, 6.45) is 4.21. The second-order valence-corrected chi connectivity index (χ2v) is 8.35. The quantitative estimate of drug-likeness (QED) is 0.274. The molecule has 0 N–H and O–H groups in total. The lowest BCUT2D eigenvalue weighted by molar-refractivity contribution is -0.384. The number of carbonyl (C=O) groups is 1. The van der Waals surface area contributed by atoms with Crippen LogP contribution in [0.2, 0.25) is 0 Å². The first kappa shape index (κ1) is 24.5. The van der Waals surface area contributed by atoms with Gasteiger partial charge in [0.1, 0.15) is 5.69 Å². The number of benzene rings is 2. The predicted octanol–water partition coefficient (Wildman–Crippen LogP) is 4.25. The molecule has 0 unspecified atom stereocenters. The molecule has 2 aromatic carbocycles. The first-order valence-corrected chi connectivity index (χ1v) is 11.5. The summed E-state index contributed by atoms with van der Waals surface area (Å²) in [4.78, 5) is 43.3. The van der Waals surface area contributed by atoms with Crippen LogP contribution in [-0.4, -0.2) is 30.5 Å². The SMILES string of the molecule is CCc1ccc(CN(Cc2cccnc2)C(=O)c2nn(-c3ccccc3[N+](=O)[O-])c(C)cc2=O)cc1. The summed E-state index contributed by atoms with van der Waals surface area (Å²) < 4.78 is 1.27. The van der Waals surface area contributed by atoms with Crippen LogP contribution in [-0.2, 0) is 19.5 Å². The van der Waals surface area contributed by atoms with E-state index >= 15 is 0 Å². The van der Waals surface area contributed by atoms with Crippen LogP contribution in [0, 0.1) is 17.0 Å². The molecule has 0 saturated heterocycles. The average Bonchev–Trinajstić information content (AvgIpc) is 2.89. The molecule has 9 heteroatoms. The first-order chi connectivity index (χ1) is 17.4. The normalized spacial score (nSPS) is 10.7. The Hall–Kier alpha value is -4.66. The van der Waals surface area contributed by atoms with E-state index in [1.165, 1.54) is 33.3 Å². The van der Waals surface area contributed by atoms with Crippen LogP contribution in [0.15, 0.2) is 83.9 Å². The molecule has 0 fully saturated rings. The molecule has 0 radical (unpaired) electrons. The molecule has 4 rings (SSSR count). The van der Waals surface area contributed by atoms with Crippen LogP contribution < -0.4 is 5.43 Å². The highest BCUT2D eigenvalue weighted by atomic mass is 16.6. The number of aromatic nitrogens is 3. The maximum absolute atomic E-state index is 13.7. The van der Waals surface area contributed by atoms with Gasteiger partial charge in [-0.05, 0) is 42.2 Å². The van der Waals surface area contributed by atoms with Gasteiger partial charge >= 0.3 is 0 Å². The highest BCUT2D eigenvalue weighted by molar-refractivity contribution is 5.92. The predicted molar refractivity (Wildman–Crippen MR) is 135 cm³/mol. The fourth-order valence-electron chi connectivity index (χ4n) is 3.90. The number of hydrogen-bond donors (Lipinski definition) is 0. The molecule has 182 valence electrons. The van der Waals surface area contributed by atoms with Crippen LogP contribution in [0.5, 0.6) is 0 Å². The van der Waals surface area contributed by atoms with E-state index in [-0.39, 0.29) is 30.2 Å². The molecule has 0 aliphatic carbocycles. The fourth-order valence-corrected chi connectivity index (χ4v) is 3.90. The van der Waals surface area contributed by atoms with Gasteiger partial charge in [-0.15, -0.1) is 0 Å². The molecular formula is C27H25N5O4. The van der Waals surface area contributed by atoms with Crippen molar-refractivity contribution < 1.29 is 9.72 Å². The largest absolute Gasteiger partial charge is 0.328 e. The summed E-state index contributed by atoms with van der Waals surface area (Å²) in [5, 5.41) is 15.9. The summed E-state index contributed by atoms with van der Waals surface area (Å²) in [6, 6.07) is 18.9. The van der Waals surface area contributed by atoms with Gasteiger partial charge in [-0.25, -0.2) is 4.68 Å². The minimum atomic E-state index is -0.573. The fraction of sp³-hybridized carbons (Fsp3) is 0.185. The van der Waals surface area contributed by atoms with Crippen molar-refractivity contribution in [2.45, 2.75) is 33.4 Å². The van der Waals surface area contributed by atoms with E-state index in [4.69, 9.17) is 0 Å². The molecule has 2 aromatic heterocycles. The Morgan fingerprint density at radius 3 is 2.36 bits per heavy atom. The molecule has 0 spiro atoms. The van der Waals surface area contributed by atoms with Crippen molar-refractivity contribution in [3.05, 3.63) is 128 Å². The van der Waals surface area contributed by atoms with Gasteiger partial charge in [0, 0.05) is 43.3 Å². The van der Waals surface area contributed by atoms with E-state index in [1.54, 1.807) is 37.5 Å². The van der Waals surface area contributed by atoms with Crippen molar-refractivity contribution in [3.63, 3.8) is 0 Å². The highest BCUT2D eigenvalue weighted by Crippen LogP contribution is 2.22. The maximum atomic E-state index is 13.7. The summed E-state index contributed by atoms with van der Waals surface area (Å²) in [6.45, 7) is 4.14. The second kappa shape index (κ2) is 10.7. The molecule has 36 heavy (non-hydrogen) atoms. The Bertz CT molecular complexity index is 1450. The molecule has 1 amide bonds. The minimum Gasteiger partial charge on any atom is -0.328 e. The maximum Gasteiger partial charge on any atom is 0.294 e. The number of para-hydroxylation sites is 2. The molecule has 0 saturated carbocycles. The second-order valence-electron chi connectivity index (χ2n) is 8.35. The van der Waals surface area contributed by atoms with Gasteiger partial charge in [-0.1, -0.05) is 49.4 Å². The monoisotopic (exact) mass is 483 g/mol. The number of carbonyl (C=O) groups excluding carboxylic acids is 1. The molecule has 9 nitrogen and oxygen atoms in total. The Morgan fingerprint density at radius 1 is 1.00 bits per heavy atom. The van der Waals surface area contributed by atoms with Crippen LogP contribution >= 0.6 is 0 Å². The Labute approximate surface area is 207 Å². The van der Waals surface area contributed by atoms with Gasteiger partial charge in [0.25, 0.3) is 11.6 Å². The van der Waals surface area contributed by atoms with E-state index in [9.17, 15) is 19.7 Å². The van der Waals surface area contributed by atoms with Gasteiger partial charge in [0.2, 0.25) is 5.43 Å². The standard InChI is InChI=1S/C27H25N5O4/c1-3-20-10-12-21(13-11-20)17-30(18-22-7-6-14-28-16-22)27(34)26-25(33)15-19(2)31(29-26)23-8-4-5-9-24(23)32(35)36/h4-16H,3,17-18H2,1-2H3. The van der Waals surface area contributed by atoms with Crippen molar-refractivity contribution in [2.24, 2.45) is 0 Å². The summed E-state index contributed by atoms with van der Waals surface area (Å²) in [5.74, 6) is -0.573. The number of pyridine rings is 1. The average molecular weight is 484 g/mol. The van der Waals surface area contributed by atoms with Gasteiger partial charge in [-0.3, -0.25) is 24.7 Å². The zero-order valence-corrected chi connectivity index (χ0v) is 20.0. The third-order valence-electron chi connectivity index (χ3n) is 5.80. The van der Waals surface area contributed by atoms with Crippen molar-refractivity contribution >= 4 is 11.6 Å².